The Labute approximate surface area is 80.4 Å². The summed E-state index contributed by atoms with van der Waals surface area (Å²) in [4.78, 5) is 4.46. The molecule has 0 aliphatic carbocycles. The Morgan fingerprint density at radius 3 is 2.31 bits per heavy atom. The van der Waals surface area contributed by atoms with E-state index in [0.717, 1.165) is 11.5 Å². The molecule has 72 valence electrons. The highest BCUT2D eigenvalue weighted by atomic mass is 15.0. The summed E-state index contributed by atoms with van der Waals surface area (Å²) in [5.74, 6) is 0.982. The van der Waals surface area contributed by atoms with Crippen LogP contribution >= 0.6 is 0 Å². The summed E-state index contributed by atoms with van der Waals surface area (Å²) in [5, 5.41) is 3.30. The summed E-state index contributed by atoms with van der Waals surface area (Å²) in [6.45, 7) is 10.5. The zero-order valence-electron chi connectivity index (χ0n) is 9.10. The van der Waals surface area contributed by atoms with Crippen LogP contribution in [-0.4, -0.2) is 11.0 Å². The van der Waals surface area contributed by atoms with Crippen LogP contribution in [0, 0.1) is 20.8 Å². The molecule has 1 rings (SSSR count). The highest BCUT2D eigenvalue weighted by Gasteiger charge is 2.02. The topological polar surface area (TPSA) is 24.9 Å². The molecule has 0 fully saturated rings. The van der Waals surface area contributed by atoms with Gasteiger partial charge in [-0.2, -0.15) is 0 Å². The third-order valence-corrected chi connectivity index (χ3v) is 2.21. The van der Waals surface area contributed by atoms with Crippen LogP contribution in [0.2, 0.25) is 0 Å². The Morgan fingerprint density at radius 2 is 1.85 bits per heavy atom. The van der Waals surface area contributed by atoms with Gasteiger partial charge >= 0.3 is 0 Å². The van der Waals surface area contributed by atoms with Crippen LogP contribution in [-0.2, 0) is 0 Å². The Balaban J connectivity index is 2.99. The maximum Gasteiger partial charge on any atom is 0.126 e. The lowest BCUT2D eigenvalue weighted by Gasteiger charge is -2.12. The third-order valence-electron chi connectivity index (χ3n) is 2.21. The first-order valence-electron chi connectivity index (χ1n) is 4.72. The van der Waals surface area contributed by atoms with E-state index in [4.69, 9.17) is 0 Å². The minimum Gasteiger partial charge on any atom is -0.368 e. The number of hydrogen-bond acceptors (Lipinski definition) is 2. The van der Waals surface area contributed by atoms with Crippen molar-refractivity contribution in [2.75, 3.05) is 5.32 Å². The second kappa shape index (κ2) is 3.77. The van der Waals surface area contributed by atoms with E-state index >= 15 is 0 Å². The van der Waals surface area contributed by atoms with Crippen molar-refractivity contribution in [1.29, 1.82) is 0 Å². The molecule has 1 N–H and O–H groups in total. The summed E-state index contributed by atoms with van der Waals surface area (Å²) in [6.07, 6.45) is 0. The molecule has 2 nitrogen and oxygen atoms in total. The molecule has 0 unspecified atom stereocenters. The molecule has 1 heterocycles. The highest BCUT2D eigenvalue weighted by molar-refractivity contribution is 5.43. The van der Waals surface area contributed by atoms with E-state index in [1.54, 1.807) is 0 Å². The average molecular weight is 178 g/mol. The molecule has 0 saturated heterocycles. The number of rotatable bonds is 2. The zero-order valence-corrected chi connectivity index (χ0v) is 9.10. The van der Waals surface area contributed by atoms with Gasteiger partial charge in [-0.1, -0.05) is 0 Å². The molecular weight excluding hydrogens is 160 g/mol. The number of nitrogens with one attached hydrogen (secondary N) is 1. The van der Waals surface area contributed by atoms with E-state index in [2.05, 4.69) is 44.1 Å². The van der Waals surface area contributed by atoms with E-state index in [0.29, 0.717) is 6.04 Å². The minimum atomic E-state index is 0.439. The molecule has 0 saturated carbocycles. The van der Waals surface area contributed by atoms with Crippen LogP contribution in [0.15, 0.2) is 6.07 Å². The van der Waals surface area contributed by atoms with E-state index in [-0.39, 0.29) is 0 Å². The molecule has 0 aliphatic heterocycles. The molecule has 0 amide bonds. The summed E-state index contributed by atoms with van der Waals surface area (Å²) < 4.78 is 0. The number of nitrogens with zero attached hydrogens (tertiary/aromatic N) is 1. The van der Waals surface area contributed by atoms with E-state index in [1.165, 1.54) is 11.1 Å². The van der Waals surface area contributed by atoms with Gasteiger partial charge in [0.1, 0.15) is 5.82 Å². The lowest BCUT2D eigenvalue weighted by Crippen LogP contribution is -2.12. The summed E-state index contributed by atoms with van der Waals surface area (Å²) in [6, 6.07) is 2.54. The number of hydrogen-bond donors (Lipinski definition) is 1. The highest BCUT2D eigenvalue weighted by Crippen LogP contribution is 2.15. The first-order valence-corrected chi connectivity index (χ1v) is 4.72. The van der Waals surface area contributed by atoms with Crippen LogP contribution in [0.5, 0.6) is 0 Å². The van der Waals surface area contributed by atoms with Crippen LogP contribution < -0.4 is 5.32 Å². The molecule has 0 bridgehead atoms. The van der Waals surface area contributed by atoms with Gasteiger partial charge in [-0.15, -0.1) is 0 Å². The quantitative estimate of drug-likeness (QED) is 0.753. The minimum absolute atomic E-state index is 0.439. The molecule has 1 aromatic rings. The van der Waals surface area contributed by atoms with Gasteiger partial charge in [0.15, 0.2) is 0 Å². The summed E-state index contributed by atoms with van der Waals surface area (Å²) in [5.41, 5.74) is 3.70. The Hall–Kier alpha value is -1.05. The largest absolute Gasteiger partial charge is 0.368 e. The van der Waals surface area contributed by atoms with Crippen LogP contribution in [0.3, 0.4) is 0 Å². The van der Waals surface area contributed by atoms with Gasteiger partial charge in [-0.25, -0.2) is 4.98 Å². The molecule has 0 aromatic carbocycles. The number of aromatic nitrogens is 1. The van der Waals surface area contributed by atoms with E-state index in [1.807, 2.05) is 6.92 Å². The maximum absolute atomic E-state index is 4.46. The van der Waals surface area contributed by atoms with E-state index < -0.39 is 0 Å². The number of anilines is 1. The van der Waals surface area contributed by atoms with Crippen molar-refractivity contribution in [2.45, 2.75) is 40.7 Å². The molecular formula is C11H18N2. The van der Waals surface area contributed by atoms with Crippen molar-refractivity contribution >= 4 is 5.82 Å². The standard InChI is InChI=1S/C11H18N2/c1-7(2)12-11-6-8(3)9(4)10(5)13-11/h6-7H,1-5H3,(H,12,13). The lowest BCUT2D eigenvalue weighted by atomic mass is 10.1. The predicted molar refractivity (Wildman–Crippen MR) is 57.2 cm³/mol. The van der Waals surface area contributed by atoms with E-state index in [9.17, 15) is 0 Å². The lowest BCUT2D eigenvalue weighted by molar-refractivity contribution is 0.884. The molecule has 0 radical (unpaired) electrons. The van der Waals surface area contributed by atoms with Gasteiger partial charge in [-0.3, -0.25) is 0 Å². The zero-order chi connectivity index (χ0) is 10.0. The van der Waals surface area contributed by atoms with Crippen molar-refractivity contribution < 1.29 is 0 Å². The van der Waals surface area contributed by atoms with Crippen molar-refractivity contribution in [2.24, 2.45) is 0 Å². The maximum atomic E-state index is 4.46. The number of aryl methyl sites for hydroxylation is 2. The molecule has 13 heavy (non-hydrogen) atoms. The average Bonchev–Trinajstić information content (AvgIpc) is 1.98. The van der Waals surface area contributed by atoms with Gasteiger partial charge in [0.05, 0.1) is 0 Å². The second-order valence-corrected chi connectivity index (χ2v) is 3.83. The van der Waals surface area contributed by atoms with Gasteiger partial charge in [0.2, 0.25) is 0 Å². The smallest absolute Gasteiger partial charge is 0.126 e. The van der Waals surface area contributed by atoms with Gasteiger partial charge in [0, 0.05) is 11.7 Å². The number of pyridine rings is 1. The monoisotopic (exact) mass is 178 g/mol. The van der Waals surface area contributed by atoms with Gasteiger partial charge < -0.3 is 5.32 Å². The fourth-order valence-corrected chi connectivity index (χ4v) is 1.27. The fourth-order valence-electron chi connectivity index (χ4n) is 1.27. The van der Waals surface area contributed by atoms with Gasteiger partial charge in [-0.05, 0) is 51.8 Å². The Morgan fingerprint density at radius 1 is 1.23 bits per heavy atom. The summed E-state index contributed by atoms with van der Waals surface area (Å²) in [7, 11) is 0. The van der Waals surface area contributed by atoms with Crippen LogP contribution in [0.1, 0.15) is 30.7 Å². The Bertz CT molecular complexity index is 280. The first-order chi connectivity index (χ1) is 6.00. The van der Waals surface area contributed by atoms with Crippen LogP contribution in [0.25, 0.3) is 0 Å². The SMILES string of the molecule is Cc1cc(NC(C)C)nc(C)c1C. The van der Waals surface area contributed by atoms with Crippen molar-refractivity contribution in [1.82, 2.24) is 4.98 Å². The van der Waals surface area contributed by atoms with Crippen molar-refractivity contribution in [3.05, 3.63) is 22.9 Å². The molecule has 0 aliphatic rings. The third kappa shape index (κ3) is 2.44. The normalized spacial score (nSPS) is 10.6. The first kappa shape index (κ1) is 10.0. The second-order valence-electron chi connectivity index (χ2n) is 3.83. The molecule has 0 spiro atoms. The molecule has 2 heteroatoms. The fraction of sp³-hybridized carbons (Fsp3) is 0.545. The van der Waals surface area contributed by atoms with Gasteiger partial charge in [0.25, 0.3) is 0 Å². The van der Waals surface area contributed by atoms with Crippen LogP contribution in [0.4, 0.5) is 5.82 Å². The van der Waals surface area contributed by atoms with Crippen molar-refractivity contribution in [3.63, 3.8) is 0 Å². The molecule has 0 atom stereocenters. The Kier molecular flexibility index (Phi) is 2.91. The predicted octanol–water partition coefficient (Wildman–Crippen LogP) is 2.83. The summed E-state index contributed by atoms with van der Waals surface area (Å²) >= 11 is 0. The molecule has 1 aromatic heterocycles. The van der Waals surface area contributed by atoms with Crippen molar-refractivity contribution in [3.8, 4) is 0 Å².